The summed E-state index contributed by atoms with van der Waals surface area (Å²) in [4.78, 5) is 0. The minimum absolute atomic E-state index is 0.246. The summed E-state index contributed by atoms with van der Waals surface area (Å²) in [5.74, 6) is -0.137. The molecule has 13 heteroatoms. The Labute approximate surface area is 198 Å². The molecule has 0 bridgehead atoms. The highest BCUT2D eigenvalue weighted by molar-refractivity contribution is 8.56. The second-order valence-electron chi connectivity index (χ2n) is 6.08. The standard InChI is InChI=1S/C18H42O8P2S2Si/c1-9-17(27(19,21-11-3)22-12-4)25-31(29-15-7,30-16-8)26-18(10-2)28(20,23-13-5)24-14-6/h17-18H,9-16H2,1-8H3. The average Bonchev–Trinajstić information content (AvgIpc) is 2.71. The summed E-state index contributed by atoms with van der Waals surface area (Å²) in [6, 6.07) is 0. The van der Waals surface area contributed by atoms with Crippen molar-refractivity contribution in [2.75, 3.05) is 37.9 Å². The van der Waals surface area contributed by atoms with E-state index < -0.39 is 33.7 Å². The van der Waals surface area contributed by atoms with Crippen LogP contribution in [0.4, 0.5) is 0 Å². The van der Waals surface area contributed by atoms with Gasteiger partial charge >= 0.3 is 22.1 Å². The zero-order valence-corrected chi connectivity index (χ0v) is 24.7. The molecule has 0 aliphatic heterocycles. The van der Waals surface area contributed by atoms with E-state index in [1.807, 2.05) is 27.7 Å². The van der Waals surface area contributed by atoms with Crippen LogP contribution in [0.15, 0.2) is 0 Å². The fourth-order valence-corrected chi connectivity index (χ4v) is 18.3. The molecule has 0 spiro atoms. The SMILES string of the molecule is CCOP(=O)(OCC)C(CC)O[Si](OC(CC)P(=O)(OCC)OCC)(SCC)SCC. The summed E-state index contributed by atoms with van der Waals surface area (Å²) >= 11 is 3.07. The van der Waals surface area contributed by atoms with Gasteiger partial charge < -0.3 is 26.9 Å². The van der Waals surface area contributed by atoms with Gasteiger partial charge in [-0.05, 0) is 52.0 Å². The van der Waals surface area contributed by atoms with E-state index in [0.29, 0.717) is 24.3 Å². The Morgan fingerprint density at radius 1 is 0.613 bits per heavy atom. The van der Waals surface area contributed by atoms with Crippen LogP contribution in [0, 0.1) is 0 Å². The zero-order valence-electron chi connectivity index (χ0n) is 20.3. The van der Waals surface area contributed by atoms with Gasteiger partial charge in [0.25, 0.3) is 0 Å². The Bertz CT molecular complexity index is 505. The number of hydrogen-bond donors (Lipinski definition) is 0. The normalized spacial score (nSPS) is 15.2. The first-order chi connectivity index (χ1) is 14.7. The van der Waals surface area contributed by atoms with Crippen LogP contribution < -0.4 is 0 Å². The van der Waals surface area contributed by atoms with Crippen LogP contribution in [0.1, 0.15) is 68.2 Å². The molecule has 2 unspecified atom stereocenters. The highest BCUT2D eigenvalue weighted by Gasteiger charge is 2.52. The lowest BCUT2D eigenvalue weighted by atomic mass is 10.5. The minimum atomic E-state index is -3.52. The van der Waals surface area contributed by atoms with Gasteiger partial charge in [-0.2, -0.15) is 0 Å². The molecule has 0 aromatic heterocycles. The van der Waals surface area contributed by atoms with Gasteiger partial charge in [0.1, 0.15) is 0 Å². The first kappa shape index (κ1) is 32.1. The van der Waals surface area contributed by atoms with E-state index in [-0.39, 0.29) is 26.4 Å². The summed E-state index contributed by atoms with van der Waals surface area (Å²) in [6.45, 7) is 12.7. The molecule has 0 saturated heterocycles. The lowest BCUT2D eigenvalue weighted by molar-refractivity contribution is 0.109. The Balaban J connectivity index is 6.15. The van der Waals surface area contributed by atoms with Crippen molar-refractivity contribution in [1.29, 1.82) is 0 Å². The molecule has 0 heterocycles. The van der Waals surface area contributed by atoms with Crippen molar-refractivity contribution in [2.45, 2.75) is 79.9 Å². The molecule has 0 aliphatic rings. The molecule has 0 saturated carbocycles. The van der Waals surface area contributed by atoms with Gasteiger partial charge in [-0.25, -0.2) is 0 Å². The van der Waals surface area contributed by atoms with Gasteiger partial charge in [-0.3, -0.25) is 9.13 Å². The zero-order chi connectivity index (χ0) is 24.0. The lowest BCUT2D eigenvalue weighted by Crippen LogP contribution is -2.43. The number of hydrogen-bond acceptors (Lipinski definition) is 10. The van der Waals surface area contributed by atoms with Crippen molar-refractivity contribution in [1.82, 2.24) is 0 Å². The molecular formula is C18H42O8P2S2Si. The van der Waals surface area contributed by atoms with E-state index in [4.69, 9.17) is 26.9 Å². The first-order valence-corrected chi connectivity index (χ1v) is 19.6. The topological polar surface area (TPSA) is 89.5 Å². The van der Waals surface area contributed by atoms with Crippen LogP contribution in [-0.2, 0) is 36.1 Å². The van der Waals surface area contributed by atoms with Gasteiger partial charge in [0.15, 0.2) is 11.7 Å². The molecule has 0 aromatic rings. The summed E-state index contributed by atoms with van der Waals surface area (Å²) in [6.07, 6.45) is 0.852. The van der Waals surface area contributed by atoms with Gasteiger partial charge in [0, 0.05) is 0 Å². The molecule has 0 aromatic carbocycles. The highest BCUT2D eigenvalue weighted by atomic mass is 32.6. The fraction of sp³-hybridized carbons (Fsp3) is 1.00. The lowest BCUT2D eigenvalue weighted by Gasteiger charge is -2.37. The van der Waals surface area contributed by atoms with Crippen LogP contribution >= 0.6 is 37.6 Å². The smallest absolute Gasteiger partial charge is 0.363 e. The minimum Gasteiger partial charge on any atom is -0.363 e. The summed E-state index contributed by atoms with van der Waals surface area (Å²) in [5, 5.41) is 0. The molecule has 0 fully saturated rings. The molecule has 0 radical (unpaired) electrons. The van der Waals surface area contributed by atoms with E-state index in [1.54, 1.807) is 27.7 Å². The third kappa shape index (κ3) is 10.1. The van der Waals surface area contributed by atoms with Crippen LogP contribution in [0.3, 0.4) is 0 Å². The second-order valence-corrected chi connectivity index (χ2v) is 19.4. The maximum Gasteiger partial charge on any atom is 0.476 e. The van der Waals surface area contributed by atoms with Crippen molar-refractivity contribution in [2.24, 2.45) is 0 Å². The maximum atomic E-state index is 13.5. The Hall–Kier alpha value is 1.14. The molecule has 8 nitrogen and oxygen atoms in total. The van der Waals surface area contributed by atoms with Crippen molar-refractivity contribution in [3.8, 4) is 0 Å². The number of rotatable bonds is 20. The summed E-state index contributed by atoms with van der Waals surface area (Å²) in [5.41, 5.74) is 0. The molecule has 188 valence electrons. The molecule has 0 amide bonds. The van der Waals surface area contributed by atoms with Crippen molar-refractivity contribution in [3.05, 3.63) is 0 Å². The first-order valence-electron chi connectivity index (χ1n) is 11.1. The third-order valence-electron chi connectivity index (χ3n) is 3.84. The van der Waals surface area contributed by atoms with Crippen LogP contribution in [-0.4, -0.2) is 56.5 Å². The predicted molar refractivity (Wildman–Crippen MR) is 134 cm³/mol. The monoisotopic (exact) mass is 540 g/mol. The quantitative estimate of drug-likeness (QED) is 0.119. The van der Waals surface area contributed by atoms with Crippen molar-refractivity contribution >= 4 is 44.5 Å². The largest absolute Gasteiger partial charge is 0.476 e. The van der Waals surface area contributed by atoms with Crippen molar-refractivity contribution in [3.63, 3.8) is 0 Å². The van der Waals surface area contributed by atoms with Crippen LogP contribution in [0.2, 0.25) is 0 Å². The van der Waals surface area contributed by atoms with Crippen LogP contribution in [0.25, 0.3) is 0 Å². The van der Waals surface area contributed by atoms with Gasteiger partial charge in [-0.1, -0.05) is 27.7 Å². The second kappa shape index (κ2) is 16.7. The Morgan fingerprint density at radius 3 is 1.10 bits per heavy atom. The molecule has 2 atom stereocenters. The molecule has 0 rings (SSSR count). The van der Waals surface area contributed by atoms with E-state index in [0.717, 1.165) is 0 Å². The maximum absolute atomic E-state index is 13.5. The van der Waals surface area contributed by atoms with Gasteiger partial charge in [-0.15, -0.1) is 22.4 Å². The molecular weight excluding hydrogens is 498 g/mol. The van der Waals surface area contributed by atoms with E-state index in [1.165, 1.54) is 22.4 Å². The summed E-state index contributed by atoms with van der Waals surface area (Å²) < 4.78 is 62.2. The van der Waals surface area contributed by atoms with Crippen molar-refractivity contribution < 1.29 is 36.1 Å². The van der Waals surface area contributed by atoms with E-state index in [9.17, 15) is 9.13 Å². The van der Waals surface area contributed by atoms with Crippen LogP contribution in [0.5, 0.6) is 0 Å². The van der Waals surface area contributed by atoms with Gasteiger partial charge in [0.05, 0.1) is 26.4 Å². The van der Waals surface area contributed by atoms with Gasteiger partial charge in [0.2, 0.25) is 0 Å². The fourth-order valence-electron chi connectivity index (χ4n) is 2.76. The van der Waals surface area contributed by atoms with E-state index >= 15 is 0 Å². The van der Waals surface area contributed by atoms with E-state index in [2.05, 4.69) is 0 Å². The highest BCUT2D eigenvalue weighted by Crippen LogP contribution is 2.59. The molecule has 0 N–H and O–H groups in total. The third-order valence-corrected chi connectivity index (χ3v) is 18.6. The predicted octanol–water partition coefficient (Wildman–Crippen LogP) is 6.97. The molecule has 31 heavy (non-hydrogen) atoms. The Morgan fingerprint density at radius 2 is 0.903 bits per heavy atom. The molecule has 0 aliphatic carbocycles. The average molecular weight is 541 g/mol. The summed E-state index contributed by atoms with van der Waals surface area (Å²) in [7, 11) is -7.03. The Kier molecular flexibility index (Phi) is 17.3.